The number of phenolic OH excluding ortho intramolecular Hbond substituents is 1. The van der Waals surface area contributed by atoms with Crippen molar-refractivity contribution in [2.45, 2.75) is 44.6 Å². The molecule has 3 rings (SSSR count). The van der Waals surface area contributed by atoms with Gasteiger partial charge in [-0.2, -0.15) is 0 Å². The molecule has 2 aliphatic heterocycles. The number of benzene rings is 1. The molecule has 31 heavy (non-hydrogen) atoms. The van der Waals surface area contributed by atoms with Crippen molar-refractivity contribution >= 4 is 47.8 Å². The highest BCUT2D eigenvalue weighted by Crippen LogP contribution is 2.37. The lowest BCUT2D eigenvalue weighted by molar-refractivity contribution is -0.139. The Labute approximate surface area is 201 Å². The summed E-state index contributed by atoms with van der Waals surface area (Å²) in [5.41, 5.74) is 0.103. The van der Waals surface area contributed by atoms with E-state index in [1.54, 1.807) is 0 Å². The zero-order valence-corrected chi connectivity index (χ0v) is 21.8. The van der Waals surface area contributed by atoms with Crippen LogP contribution in [0.25, 0.3) is 0 Å². The van der Waals surface area contributed by atoms with Crippen molar-refractivity contribution in [1.29, 1.82) is 0 Å². The number of hydrogen-bond acceptors (Lipinski definition) is 5. The maximum atomic E-state index is 13.0. The third kappa shape index (κ3) is 5.82. The Morgan fingerprint density at radius 2 is 1.68 bits per heavy atom. The van der Waals surface area contributed by atoms with E-state index in [9.17, 15) is 23.4 Å². The minimum absolute atomic E-state index is 0.0811. The average molecular weight is 582 g/mol. The van der Waals surface area contributed by atoms with Crippen molar-refractivity contribution in [3.05, 3.63) is 26.6 Å². The van der Waals surface area contributed by atoms with E-state index in [2.05, 4.69) is 31.9 Å². The van der Waals surface area contributed by atoms with Crippen LogP contribution in [0.5, 0.6) is 5.75 Å². The van der Waals surface area contributed by atoms with Crippen LogP contribution in [0, 0.1) is 11.8 Å². The van der Waals surface area contributed by atoms with Crippen LogP contribution in [0.4, 0.5) is 0 Å². The van der Waals surface area contributed by atoms with Gasteiger partial charge >= 0.3 is 0 Å². The number of carbonyl (C=O) groups is 1. The molecule has 2 fully saturated rings. The molecule has 2 saturated heterocycles. The standard InChI is InChI=1S/C21H30Br2N2O5S/c1-14(11-15-12-17(22)19(26)18(23)13-15)20(27)24-7-3-16(4-8-24)21(28)5-9-25(10-6-21)31(2,29)30/h12-14,16,26,28H,3-11H2,1-2H3/t14-/m1/s1. The number of aromatic hydroxyl groups is 1. The van der Waals surface area contributed by atoms with Crippen molar-refractivity contribution in [1.82, 2.24) is 9.21 Å². The number of rotatable bonds is 5. The number of sulfonamides is 1. The summed E-state index contributed by atoms with van der Waals surface area (Å²) in [7, 11) is -3.22. The summed E-state index contributed by atoms with van der Waals surface area (Å²) < 4.78 is 26.1. The zero-order valence-electron chi connectivity index (χ0n) is 17.9. The van der Waals surface area contributed by atoms with Crippen LogP contribution in [0.3, 0.4) is 0 Å². The van der Waals surface area contributed by atoms with E-state index in [0.29, 0.717) is 54.4 Å². The first-order valence-electron chi connectivity index (χ1n) is 10.5. The molecule has 2 aliphatic rings. The molecular formula is C21H30Br2N2O5S. The van der Waals surface area contributed by atoms with Gasteiger partial charge in [0.1, 0.15) is 5.75 Å². The summed E-state index contributed by atoms with van der Waals surface area (Å²) >= 11 is 6.66. The number of aliphatic hydroxyl groups is 1. The van der Waals surface area contributed by atoms with Gasteiger partial charge in [-0.25, -0.2) is 12.7 Å². The summed E-state index contributed by atoms with van der Waals surface area (Å²) in [6.07, 6.45) is 4.12. The Bertz CT molecular complexity index is 901. The van der Waals surface area contributed by atoms with Crippen molar-refractivity contribution in [2.24, 2.45) is 11.8 Å². The summed E-state index contributed by atoms with van der Waals surface area (Å²) in [5.74, 6) is 0.126. The Balaban J connectivity index is 1.54. The molecule has 1 aromatic carbocycles. The lowest BCUT2D eigenvalue weighted by Crippen LogP contribution is -2.53. The number of phenols is 1. The molecule has 1 aromatic rings. The largest absolute Gasteiger partial charge is 0.506 e. The molecule has 0 aliphatic carbocycles. The van der Waals surface area contributed by atoms with Crippen LogP contribution >= 0.6 is 31.9 Å². The highest BCUT2D eigenvalue weighted by atomic mass is 79.9. The van der Waals surface area contributed by atoms with Gasteiger partial charge in [-0.05, 0) is 87.6 Å². The Hall–Kier alpha value is -0.680. The fraction of sp³-hybridized carbons (Fsp3) is 0.667. The smallest absolute Gasteiger partial charge is 0.225 e. The predicted octanol–water partition coefficient (Wildman–Crippen LogP) is 3.12. The highest BCUT2D eigenvalue weighted by molar-refractivity contribution is 9.11. The van der Waals surface area contributed by atoms with Crippen molar-refractivity contribution < 1.29 is 23.4 Å². The topological polar surface area (TPSA) is 98.1 Å². The monoisotopic (exact) mass is 580 g/mol. The number of likely N-dealkylation sites (tertiary alicyclic amines) is 1. The maximum Gasteiger partial charge on any atom is 0.225 e. The Kier molecular flexibility index (Phi) is 7.78. The number of amides is 1. The number of halogens is 2. The van der Waals surface area contributed by atoms with E-state index in [4.69, 9.17) is 0 Å². The summed E-state index contributed by atoms with van der Waals surface area (Å²) in [4.78, 5) is 14.8. The molecule has 2 heterocycles. The maximum absolute atomic E-state index is 13.0. The lowest BCUT2D eigenvalue weighted by atomic mass is 9.75. The molecule has 0 bridgehead atoms. The number of nitrogens with zero attached hydrogens (tertiary/aromatic N) is 2. The molecule has 1 atom stereocenters. The SMILES string of the molecule is C[C@H](Cc1cc(Br)c(O)c(Br)c1)C(=O)N1CCC(C2(O)CCN(S(C)(=O)=O)CC2)CC1. The van der Waals surface area contributed by atoms with Gasteiger partial charge in [-0.15, -0.1) is 0 Å². The fourth-order valence-corrected chi connectivity index (χ4v) is 6.87. The minimum Gasteiger partial charge on any atom is -0.506 e. The van der Waals surface area contributed by atoms with Gasteiger partial charge < -0.3 is 15.1 Å². The molecule has 0 unspecified atom stereocenters. The molecule has 0 saturated carbocycles. The molecule has 2 N–H and O–H groups in total. The minimum atomic E-state index is -3.22. The van der Waals surface area contributed by atoms with Crippen molar-refractivity contribution in [3.63, 3.8) is 0 Å². The second-order valence-electron chi connectivity index (χ2n) is 8.88. The average Bonchev–Trinajstić information content (AvgIpc) is 2.71. The molecular weight excluding hydrogens is 552 g/mol. The highest BCUT2D eigenvalue weighted by Gasteiger charge is 2.43. The number of carbonyl (C=O) groups excluding carboxylic acids is 1. The quantitative estimate of drug-likeness (QED) is 0.557. The van der Waals surface area contributed by atoms with E-state index in [-0.39, 0.29) is 23.5 Å². The third-order valence-corrected chi connectivity index (χ3v) is 9.18. The number of hydrogen-bond donors (Lipinski definition) is 2. The predicted molar refractivity (Wildman–Crippen MR) is 126 cm³/mol. The molecule has 10 heteroatoms. The zero-order chi connectivity index (χ0) is 23.0. The second-order valence-corrected chi connectivity index (χ2v) is 12.6. The normalized spacial score (nSPS) is 21.8. The van der Waals surface area contributed by atoms with Gasteiger partial charge in [0.15, 0.2) is 0 Å². The lowest BCUT2D eigenvalue weighted by Gasteiger charge is -2.45. The van der Waals surface area contributed by atoms with Crippen LogP contribution in [0.15, 0.2) is 21.1 Å². The molecule has 0 spiro atoms. The summed E-state index contributed by atoms with van der Waals surface area (Å²) in [5, 5.41) is 21.0. The van der Waals surface area contributed by atoms with E-state index in [1.807, 2.05) is 24.0 Å². The van der Waals surface area contributed by atoms with Crippen molar-refractivity contribution in [2.75, 3.05) is 32.4 Å². The van der Waals surface area contributed by atoms with E-state index >= 15 is 0 Å². The third-order valence-electron chi connectivity index (χ3n) is 6.66. The van der Waals surface area contributed by atoms with Gasteiger partial charge in [0, 0.05) is 32.1 Å². The van der Waals surface area contributed by atoms with Gasteiger partial charge in [-0.3, -0.25) is 4.79 Å². The van der Waals surface area contributed by atoms with Crippen molar-refractivity contribution in [3.8, 4) is 5.75 Å². The summed E-state index contributed by atoms with van der Waals surface area (Å²) in [6.45, 7) is 3.83. The van der Waals surface area contributed by atoms with Crippen LogP contribution in [-0.2, 0) is 21.2 Å². The van der Waals surface area contributed by atoms with Gasteiger partial charge in [0.2, 0.25) is 15.9 Å². The van der Waals surface area contributed by atoms with Gasteiger partial charge in [0.05, 0.1) is 20.8 Å². The molecule has 174 valence electrons. The molecule has 1 amide bonds. The van der Waals surface area contributed by atoms with E-state index < -0.39 is 15.6 Å². The van der Waals surface area contributed by atoms with Gasteiger partial charge in [-0.1, -0.05) is 6.92 Å². The first kappa shape index (κ1) is 25.0. The van der Waals surface area contributed by atoms with Gasteiger partial charge in [0.25, 0.3) is 0 Å². The first-order valence-corrected chi connectivity index (χ1v) is 14.0. The number of piperidine rings is 2. The van der Waals surface area contributed by atoms with Crippen LogP contribution < -0.4 is 0 Å². The van der Waals surface area contributed by atoms with Crippen LogP contribution in [0.2, 0.25) is 0 Å². The molecule has 7 nitrogen and oxygen atoms in total. The Morgan fingerprint density at radius 3 is 2.16 bits per heavy atom. The molecule has 0 radical (unpaired) electrons. The Morgan fingerprint density at radius 1 is 1.16 bits per heavy atom. The molecule has 0 aromatic heterocycles. The first-order chi connectivity index (χ1) is 14.4. The van der Waals surface area contributed by atoms with Crippen LogP contribution in [0.1, 0.15) is 38.2 Å². The second kappa shape index (κ2) is 9.67. The fourth-order valence-electron chi connectivity index (χ4n) is 4.74. The van der Waals surface area contributed by atoms with E-state index in [1.165, 1.54) is 10.6 Å². The summed E-state index contributed by atoms with van der Waals surface area (Å²) in [6, 6.07) is 3.66. The van der Waals surface area contributed by atoms with Crippen LogP contribution in [-0.4, -0.2) is 71.8 Å². The van der Waals surface area contributed by atoms with E-state index in [0.717, 1.165) is 18.4 Å².